The van der Waals surface area contributed by atoms with Crippen LogP contribution >= 0.6 is 11.6 Å². The maximum atomic E-state index is 11.3. The van der Waals surface area contributed by atoms with Gasteiger partial charge < -0.3 is 10.0 Å². The highest BCUT2D eigenvalue weighted by atomic mass is 35.5. The van der Waals surface area contributed by atoms with Gasteiger partial charge in [-0.05, 0) is 49.8 Å². The zero-order chi connectivity index (χ0) is 14.0. The van der Waals surface area contributed by atoms with Gasteiger partial charge in [0.1, 0.15) is 0 Å². The van der Waals surface area contributed by atoms with E-state index in [-0.39, 0.29) is 0 Å². The van der Waals surface area contributed by atoms with E-state index in [4.69, 9.17) is 11.6 Å². The van der Waals surface area contributed by atoms with Gasteiger partial charge in [0, 0.05) is 18.1 Å². The number of aromatic carboxylic acids is 1. The Kier molecular flexibility index (Phi) is 4.35. The van der Waals surface area contributed by atoms with Crippen molar-refractivity contribution in [3.8, 4) is 0 Å². The van der Waals surface area contributed by atoms with Crippen LogP contribution in [0.25, 0.3) is 0 Å². The first-order valence-corrected chi connectivity index (χ1v) is 7.12. The summed E-state index contributed by atoms with van der Waals surface area (Å²) < 4.78 is 0. The lowest BCUT2D eigenvalue weighted by Gasteiger charge is -2.35. The Bertz CT molecular complexity index is 467. The molecule has 0 spiro atoms. The quantitative estimate of drug-likeness (QED) is 0.908. The summed E-state index contributed by atoms with van der Waals surface area (Å²) in [5.74, 6) is -0.120. The normalized spacial score (nSPS) is 23.1. The number of nitrogens with zero attached hydrogens (tertiary/aromatic N) is 1. The third kappa shape index (κ3) is 3.21. The second kappa shape index (κ2) is 5.83. The Hall–Kier alpha value is -1.22. The molecule has 3 nitrogen and oxygen atoms in total. The molecule has 0 radical (unpaired) electrons. The fourth-order valence-corrected chi connectivity index (χ4v) is 2.97. The van der Waals surface area contributed by atoms with Gasteiger partial charge in [0.25, 0.3) is 0 Å². The standard InChI is InChI=1S/C15H20ClNO2/c1-10-3-6-12(7-4-10)17(2)14-9-11(16)5-8-13(14)15(18)19/h5,8-10,12H,3-4,6-7H2,1-2H3,(H,18,19). The first-order valence-electron chi connectivity index (χ1n) is 6.74. The summed E-state index contributed by atoms with van der Waals surface area (Å²) in [6, 6.07) is 5.38. The van der Waals surface area contributed by atoms with Crippen molar-refractivity contribution in [2.24, 2.45) is 5.92 Å². The lowest BCUT2D eigenvalue weighted by Crippen LogP contribution is -2.35. The molecule has 0 saturated heterocycles. The van der Waals surface area contributed by atoms with Crippen LogP contribution in [0.4, 0.5) is 5.69 Å². The van der Waals surface area contributed by atoms with Crippen LogP contribution in [0.3, 0.4) is 0 Å². The second-order valence-corrected chi connectivity index (χ2v) is 5.93. The summed E-state index contributed by atoms with van der Waals surface area (Å²) in [6.07, 6.45) is 4.64. The van der Waals surface area contributed by atoms with Crippen molar-refractivity contribution in [3.63, 3.8) is 0 Å². The van der Waals surface area contributed by atoms with Crippen LogP contribution in [0, 0.1) is 5.92 Å². The van der Waals surface area contributed by atoms with E-state index in [1.54, 1.807) is 18.2 Å². The highest BCUT2D eigenvalue weighted by Crippen LogP contribution is 2.32. The molecule has 19 heavy (non-hydrogen) atoms. The Labute approximate surface area is 119 Å². The van der Waals surface area contributed by atoms with Crippen molar-refractivity contribution in [2.45, 2.75) is 38.6 Å². The lowest BCUT2D eigenvalue weighted by atomic mass is 9.86. The summed E-state index contributed by atoms with van der Waals surface area (Å²) >= 11 is 6.01. The van der Waals surface area contributed by atoms with E-state index in [2.05, 4.69) is 11.8 Å². The van der Waals surface area contributed by atoms with Crippen molar-refractivity contribution in [2.75, 3.05) is 11.9 Å². The van der Waals surface area contributed by atoms with Gasteiger partial charge in [-0.3, -0.25) is 0 Å². The molecule has 4 heteroatoms. The van der Waals surface area contributed by atoms with E-state index in [9.17, 15) is 9.90 Å². The third-order valence-corrected chi connectivity index (χ3v) is 4.34. The molecule has 104 valence electrons. The number of halogens is 1. The molecule has 0 atom stereocenters. The summed E-state index contributed by atoms with van der Waals surface area (Å²) in [5, 5.41) is 9.86. The highest BCUT2D eigenvalue weighted by Gasteiger charge is 2.24. The topological polar surface area (TPSA) is 40.5 Å². The number of benzene rings is 1. The van der Waals surface area contributed by atoms with Crippen LogP contribution in [0.15, 0.2) is 18.2 Å². The van der Waals surface area contributed by atoms with E-state index >= 15 is 0 Å². The molecule has 1 N–H and O–H groups in total. The van der Waals surface area contributed by atoms with Crippen LogP contribution in [-0.4, -0.2) is 24.2 Å². The number of carboxylic acids is 1. The smallest absolute Gasteiger partial charge is 0.337 e. The first kappa shape index (κ1) is 14.2. The molecule has 0 amide bonds. The molecule has 0 aromatic heterocycles. The minimum absolute atomic E-state index is 0.325. The zero-order valence-corrected chi connectivity index (χ0v) is 12.2. The van der Waals surface area contributed by atoms with Gasteiger partial charge >= 0.3 is 5.97 Å². The van der Waals surface area contributed by atoms with Crippen molar-refractivity contribution in [3.05, 3.63) is 28.8 Å². The van der Waals surface area contributed by atoms with E-state index in [0.717, 1.165) is 24.4 Å². The first-order chi connectivity index (χ1) is 8.99. The molecular weight excluding hydrogens is 262 g/mol. The van der Waals surface area contributed by atoms with E-state index in [0.29, 0.717) is 16.6 Å². The Morgan fingerprint density at radius 2 is 1.95 bits per heavy atom. The number of carbonyl (C=O) groups is 1. The maximum Gasteiger partial charge on any atom is 0.337 e. The summed E-state index contributed by atoms with van der Waals surface area (Å²) in [7, 11) is 1.97. The van der Waals surface area contributed by atoms with Crippen molar-refractivity contribution >= 4 is 23.3 Å². The van der Waals surface area contributed by atoms with E-state index in [1.807, 2.05) is 7.05 Å². The fraction of sp³-hybridized carbons (Fsp3) is 0.533. The van der Waals surface area contributed by atoms with E-state index < -0.39 is 5.97 Å². The third-order valence-electron chi connectivity index (χ3n) is 4.10. The average molecular weight is 282 g/mol. The predicted molar refractivity (Wildman–Crippen MR) is 78.2 cm³/mol. The molecule has 1 aromatic rings. The van der Waals surface area contributed by atoms with Gasteiger partial charge in [0.2, 0.25) is 0 Å². The molecule has 0 heterocycles. The monoisotopic (exact) mass is 281 g/mol. The molecule has 2 rings (SSSR count). The zero-order valence-electron chi connectivity index (χ0n) is 11.4. The van der Waals surface area contributed by atoms with Crippen LogP contribution in [0.2, 0.25) is 5.02 Å². The molecule has 0 unspecified atom stereocenters. The summed E-state index contributed by atoms with van der Waals surface area (Å²) in [6.45, 7) is 2.28. The Morgan fingerprint density at radius 3 is 2.53 bits per heavy atom. The van der Waals surface area contributed by atoms with Gasteiger partial charge in [-0.2, -0.15) is 0 Å². The maximum absolute atomic E-state index is 11.3. The van der Waals surface area contributed by atoms with Crippen molar-refractivity contribution in [1.29, 1.82) is 0 Å². The molecule has 1 fully saturated rings. The van der Waals surface area contributed by atoms with E-state index in [1.165, 1.54) is 12.8 Å². The molecule has 0 bridgehead atoms. The second-order valence-electron chi connectivity index (χ2n) is 5.49. The number of hydrogen-bond acceptors (Lipinski definition) is 2. The molecule has 1 aliphatic carbocycles. The predicted octanol–water partition coefficient (Wildman–Crippen LogP) is 4.05. The fourth-order valence-electron chi connectivity index (χ4n) is 2.80. The molecule has 0 aliphatic heterocycles. The number of anilines is 1. The van der Waals surface area contributed by atoms with Crippen LogP contribution in [-0.2, 0) is 0 Å². The van der Waals surface area contributed by atoms with Crippen LogP contribution in [0.1, 0.15) is 43.0 Å². The highest BCUT2D eigenvalue weighted by molar-refractivity contribution is 6.31. The van der Waals surface area contributed by atoms with Gasteiger partial charge in [0.05, 0.1) is 11.3 Å². The lowest BCUT2D eigenvalue weighted by molar-refractivity contribution is 0.0697. The average Bonchev–Trinajstić information content (AvgIpc) is 2.38. The Balaban J connectivity index is 2.25. The van der Waals surface area contributed by atoms with Crippen molar-refractivity contribution in [1.82, 2.24) is 0 Å². The molecule has 1 aromatic carbocycles. The molecular formula is C15H20ClNO2. The largest absolute Gasteiger partial charge is 0.478 e. The van der Waals surface area contributed by atoms with Crippen molar-refractivity contribution < 1.29 is 9.90 Å². The molecule has 1 aliphatic rings. The van der Waals surface area contributed by atoms with Gasteiger partial charge in [0.15, 0.2) is 0 Å². The van der Waals surface area contributed by atoms with Gasteiger partial charge in [-0.25, -0.2) is 4.79 Å². The summed E-state index contributed by atoms with van der Waals surface area (Å²) in [4.78, 5) is 13.4. The SMILES string of the molecule is CC1CCC(N(C)c2cc(Cl)ccc2C(=O)O)CC1. The summed E-state index contributed by atoms with van der Waals surface area (Å²) in [5.41, 5.74) is 1.05. The van der Waals surface area contributed by atoms with Crippen LogP contribution < -0.4 is 4.90 Å². The van der Waals surface area contributed by atoms with Gasteiger partial charge in [-0.15, -0.1) is 0 Å². The van der Waals surface area contributed by atoms with Gasteiger partial charge in [-0.1, -0.05) is 18.5 Å². The minimum Gasteiger partial charge on any atom is -0.478 e. The number of hydrogen-bond donors (Lipinski definition) is 1. The number of carboxylic acid groups (broad SMARTS) is 1. The Morgan fingerprint density at radius 1 is 1.32 bits per heavy atom. The molecule has 1 saturated carbocycles. The number of rotatable bonds is 3. The van der Waals surface area contributed by atoms with Crippen LogP contribution in [0.5, 0.6) is 0 Å². The minimum atomic E-state index is -0.900.